The van der Waals surface area contributed by atoms with E-state index in [0.717, 1.165) is 0 Å². The lowest BCUT2D eigenvalue weighted by Crippen LogP contribution is -2.48. The summed E-state index contributed by atoms with van der Waals surface area (Å²) in [5.74, 6) is -0.246. The second kappa shape index (κ2) is 10.3. The summed E-state index contributed by atoms with van der Waals surface area (Å²) >= 11 is 0. The van der Waals surface area contributed by atoms with Crippen molar-refractivity contribution < 1.29 is 22.7 Å². The third-order valence-corrected chi connectivity index (χ3v) is 8.06. The fraction of sp³-hybridized carbons (Fsp3) is 0.652. The summed E-state index contributed by atoms with van der Waals surface area (Å²) in [6.07, 6.45) is 2.60. The number of benzene rings is 1. The third kappa shape index (κ3) is 6.30. The van der Waals surface area contributed by atoms with E-state index in [1.54, 1.807) is 43.0 Å². The molecule has 32 heavy (non-hydrogen) atoms. The fourth-order valence-electron chi connectivity index (χ4n) is 4.31. The predicted molar refractivity (Wildman–Crippen MR) is 124 cm³/mol. The van der Waals surface area contributed by atoms with Crippen molar-refractivity contribution >= 4 is 27.5 Å². The van der Waals surface area contributed by atoms with Crippen LogP contribution >= 0.6 is 0 Å². The Morgan fingerprint density at radius 1 is 1.00 bits per heavy atom. The van der Waals surface area contributed by atoms with Crippen LogP contribution in [0.15, 0.2) is 24.3 Å². The molecule has 3 rings (SSSR count). The number of rotatable bonds is 6. The molecule has 2 unspecified atom stereocenters. The molecule has 0 aromatic heterocycles. The molecule has 1 heterocycles. The maximum atomic E-state index is 12.8. The lowest BCUT2D eigenvalue weighted by Gasteiger charge is -2.35. The Labute approximate surface area is 191 Å². The molecule has 0 bridgehead atoms. The Balaban J connectivity index is 1.50. The molecule has 1 aliphatic carbocycles. The van der Waals surface area contributed by atoms with E-state index in [2.05, 4.69) is 10.0 Å². The van der Waals surface area contributed by atoms with Crippen LogP contribution in [0, 0.1) is 5.92 Å². The second-order valence-corrected chi connectivity index (χ2v) is 11.6. The molecular weight excluding hydrogens is 430 g/mol. The van der Waals surface area contributed by atoms with Crippen LogP contribution < -0.4 is 10.0 Å². The van der Waals surface area contributed by atoms with Gasteiger partial charge < -0.3 is 15.0 Å². The number of hydrogen-bond acceptors (Lipinski definition) is 5. The van der Waals surface area contributed by atoms with E-state index in [4.69, 9.17) is 4.74 Å². The van der Waals surface area contributed by atoms with Gasteiger partial charge in [-0.2, -0.15) is 0 Å². The second-order valence-electron chi connectivity index (χ2n) is 9.29. The Bertz CT molecular complexity index is 898. The van der Waals surface area contributed by atoms with Crippen LogP contribution in [0.3, 0.4) is 0 Å². The van der Waals surface area contributed by atoms with Crippen LogP contribution in [-0.4, -0.2) is 61.7 Å². The highest BCUT2D eigenvalue weighted by Crippen LogP contribution is 2.26. The molecule has 0 radical (unpaired) electrons. The zero-order chi connectivity index (χ0) is 23.5. The molecule has 2 N–H and O–H groups in total. The van der Waals surface area contributed by atoms with Gasteiger partial charge in [0.1, 0.15) is 0 Å². The molecule has 2 amide bonds. The third-order valence-electron chi connectivity index (χ3n) is 6.16. The minimum atomic E-state index is -3.30. The molecule has 9 heteroatoms. The smallest absolute Gasteiger partial charge is 0.254 e. The Morgan fingerprint density at radius 2 is 1.56 bits per heavy atom. The highest BCUT2D eigenvalue weighted by Gasteiger charge is 2.30. The van der Waals surface area contributed by atoms with Crippen LogP contribution in [0.1, 0.15) is 63.7 Å². The summed E-state index contributed by atoms with van der Waals surface area (Å²) in [5.41, 5.74) is 1.24. The number of nitrogens with zero attached hydrogens (tertiary/aromatic N) is 1. The highest BCUT2D eigenvalue weighted by molar-refractivity contribution is 7.90. The number of carbonyl (C=O) groups is 2. The molecule has 0 spiro atoms. The molecule has 1 aromatic carbocycles. The quantitative estimate of drug-likeness (QED) is 0.672. The number of ether oxygens (including phenoxy) is 1. The van der Waals surface area contributed by atoms with Gasteiger partial charge in [0.15, 0.2) is 0 Å². The molecule has 1 saturated carbocycles. The van der Waals surface area contributed by atoms with Crippen molar-refractivity contribution in [2.45, 2.75) is 76.9 Å². The molecule has 2 aliphatic rings. The number of anilines is 1. The molecule has 1 aliphatic heterocycles. The number of hydrogen-bond donors (Lipinski definition) is 2. The first-order chi connectivity index (χ1) is 15.0. The van der Waals surface area contributed by atoms with Gasteiger partial charge in [-0.05, 0) is 77.6 Å². The van der Waals surface area contributed by atoms with Gasteiger partial charge in [0.05, 0.1) is 17.5 Å². The summed E-state index contributed by atoms with van der Waals surface area (Å²) in [7, 11) is -3.30. The first kappa shape index (κ1) is 24.7. The van der Waals surface area contributed by atoms with Crippen molar-refractivity contribution in [1.29, 1.82) is 0 Å². The van der Waals surface area contributed by atoms with Gasteiger partial charge in [-0.25, -0.2) is 13.1 Å². The normalized spacial score (nSPS) is 26.7. The van der Waals surface area contributed by atoms with E-state index in [0.29, 0.717) is 50.0 Å². The molecule has 178 valence electrons. The van der Waals surface area contributed by atoms with Crippen LogP contribution in [0.25, 0.3) is 0 Å². The van der Waals surface area contributed by atoms with E-state index in [1.807, 2.05) is 13.8 Å². The topological polar surface area (TPSA) is 105 Å². The Kier molecular flexibility index (Phi) is 7.95. The van der Waals surface area contributed by atoms with Crippen molar-refractivity contribution in [2.24, 2.45) is 5.92 Å². The van der Waals surface area contributed by atoms with E-state index in [9.17, 15) is 18.0 Å². The maximum absolute atomic E-state index is 12.8. The zero-order valence-electron chi connectivity index (χ0n) is 19.3. The van der Waals surface area contributed by atoms with Gasteiger partial charge >= 0.3 is 0 Å². The van der Waals surface area contributed by atoms with Crippen molar-refractivity contribution in [3.63, 3.8) is 0 Å². The molecular formula is C23H35N3O5S. The van der Waals surface area contributed by atoms with Crippen molar-refractivity contribution in [3.05, 3.63) is 29.8 Å². The number of sulfonamides is 1. The molecule has 1 aromatic rings. The molecule has 1 saturated heterocycles. The minimum Gasteiger partial charge on any atom is -0.372 e. The van der Waals surface area contributed by atoms with Gasteiger partial charge in [0.2, 0.25) is 15.9 Å². The zero-order valence-corrected chi connectivity index (χ0v) is 20.2. The summed E-state index contributed by atoms with van der Waals surface area (Å²) in [6, 6.07) is 6.87. The number of carbonyl (C=O) groups excluding carboxylic acids is 2. The van der Waals surface area contributed by atoms with Gasteiger partial charge in [0.25, 0.3) is 5.91 Å². The van der Waals surface area contributed by atoms with E-state index in [-0.39, 0.29) is 36.0 Å². The lowest BCUT2D eigenvalue weighted by molar-refractivity contribution is -0.120. The first-order valence-corrected chi connectivity index (χ1v) is 13.0. The average molecular weight is 466 g/mol. The summed E-state index contributed by atoms with van der Waals surface area (Å²) in [4.78, 5) is 27.2. The minimum absolute atomic E-state index is 0.0111. The van der Waals surface area contributed by atoms with Crippen molar-refractivity contribution in [3.8, 4) is 0 Å². The van der Waals surface area contributed by atoms with Crippen molar-refractivity contribution in [2.75, 3.05) is 18.4 Å². The summed E-state index contributed by atoms with van der Waals surface area (Å²) in [5, 5.41) is 2.47. The van der Waals surface area contributed by atoms with Crippen LogP contribution in [-0.2, 0) is 19.6 Å². The van der Waals surface area contributed by atoms with Gasteiger partial charge in [-0.15, -0.1) is 0 Å². The largest absolute Gasteiger partial charge is 0.372 e. The van der Waals surface area contributed by atoms with Gasteiger partial charge in [0, 0.05) is 36.3 Å². The highest BCUT2D eigenvalue weighted by atomic mass is 32.2. The van der Waals surface area contributed by atoms with Gasteiger partial charge in [-0.1, -0.05) is 0 Å². The van der Waals surface area contributed by atoms with E-state index >= 15 is 0 Å². The average Bonchev–Trinajstić information content (AvgIpc) is 2.73. The van der Waals surface area contributed by atoms with Crippen LogP contribution in [0.4, 0.5) is 5.69 Å². The monoisotopic (exact) mass is 465 g/mol. The van der Waals surface area contributed by atoms with E-state index < -0.39 is 15.3 Å². The van der Waals surface area contributed by atoms with E-state index in [1.165, 1.54) is 0 Å². The van der Waals surface area contributed by atoms with Crippen LogP contribution in [0.2, 0.25) is 0 Å². The Morgan fingerprint density at radius 3 is 2.09 bits per heavy atom. The molecule has 2 fully saturated rings. The first-order valence-electron chi connectivity index (χ1n) is 11.4. The fourth-order valence-corrected chi connectivity index (χ4v) is 5.28. The SMILES string of the molecule is CC1CN(C(=O)c2ccc(NC(=O)C3CCC(NS(=O)(=O)C(C)C)CC3)cc2)CC(C)O1. The predicted octanol–water partition coefficient (Wildman–Crippen LogP) is 2.76. The number of nitrogens with one attached hydrogen (secondary N) is 2. The molecule has 8 nitrogen and oxygen atoms in total. The number of amides is 2. The van der Waals surface area contributed by atoms with Crippen molar-refractivity contribution in [1.82, 2.24) is 9.62 Å². The lowest BCUT2D eigenvalue weighted by atomic mass is 9.86. The van der Waals surface area contributed by atoms with Gasteiger partial charge in [-0.3, -0.25) is 9.59 Å². The maximum Gasteiger partial charge on any atom is 0.254 e. The van der Waals surface area contributed by atoms with Crippen LogP contribution in [0.5, 0.6) is 0 Å². The Hall–Kier alpha value is -1.97. The standard InChI is InChI=1S/C23H35N3O5S/c1-15(2)32(29,30)25-21-11-5-18(6-12-21)22(27)24-20-9-7-19(8-10-20)23(28)26-13-16(3)31-17(4)14-26/h7-10,15-18,21,25H,5-6,11-14H2,1-4H3,(H,24,27). The number of morpholine rings is 1. The summed E-state index contributed by atoms with van der Waals surface area (Å²) < 4.78 is 32.5. The molecule has 2 atom stereocenters. The summed E-state index contributed by atoms with van der Waals surface area (Å²) in [6.45, 7) is 8.36.